The first-order valence-corrected chi connectivity index (χ1v) is 9.61. The van der Waals surface area contributed by atoms with Gasteiger partial charge in [-0.05, 0) is 24.1 Å². The van der Waals surface area contributed by atoms with E-state index in [-0.39, 0.29) is 18.2 Å². The summed E-state index contributed by atoms with van der Waals surface area (Å²) in [5.74, 6) is -0.165. The van der Waals surface area contributed by atoms with Crippen molar-refractivity contribution in [3.05, 3.63) is 71.2 Å². The van der Waals surface area contributed by atoms with E-state index in [4.69, 9.17) is 9.47 Å². The van der Waals surface area contributed by atoms with Crippen LogP contribution in [0.5, 0.6) is 5.75 Å². The molecule has 7 heteroatoms. The molecule has 0 atom stereocenters. The number of carbonyl (C=O) groups is 2. The number of hydrogen-bond donors (Lipinski definition) is 1. The molecule has 1 heterocycles. The van der Waals surface area contributed by atoms with Gasteiger partial charge in [0.2, 0.25) is 0 Å². The average molecular weight is 396 g/mol. The minimum absolute atomic E-state index is 0.204. The molecule has 0 aliphatic rings. The number of rotatable bonds is 8. The molecule has 1 N–H and O–H groups in total. The standard InChI is InChI=1S/C21H20N2O4S/c1-26-17-9-7-15(8-10-17)11-12-22-19(24)13-27-21(25)18-14-28-20(23-18)16-5-3-2-4-6-16/h2-10,14H,11-13H2,1H3,(H,22,24). The number of nitrogens with one attached hydrogen (secondary N) is 1. The molecule has 144 valence electrons. The van der Waals surface area contributed by atoms with Gasteiger partial charge in [-0.2, -0.15) is 0 Å². The fourth-order valence-corrected chi connectivity index (χ4v) is 3.27. The molecule has 2 aromatic carbocycles. The maximum Gasteiger partial charge on any atom is 0.358 e. The third kappa shape index (κ3) is 5.40. The molecule has 0 saturated heterocycles. The number of aromatic nitrogens is 1. The summed E-state index contributed by atoms with van der Waals surface area (Å²) in [6, 6.07) is 17.2. The summed E-state index contributed by atoms with van der Waals surface area (Å²) in [7, 11) is 1.62. The lowest BCUT2D eigenvalue weighted by molar-refractivity contribution is -0.124. The van der Waals surface area contributed by atoms with Crippen LogP contribution >= 0.6 is 11.3 Å². The van der Waals surface area contributed by atoms with Crippen LogP contribution in [0.1, 0.15) is 16.1 Å². The molecule has 0 aliphatic heterocycles. The Morgan fingerprint density at radius 1 is 1.07 bits per heavy atom. The molecule has 0 fully saturated rings. The van der Waals surface area contributed by atoms with Crippen molar-refractivity contribution in [1.82, 2.24) is 10.3 Å². The number of benzene rings is 2. The Labute approximate surface area is 167 Å². The number of nitrogens with zero attached hydrogens (tertiary/aromatic N) is 1. The highest BCUT2D eigenvalue weighted by Gasteiger charge is 2.14. The molecule has 6 nitrogen and oxygen atoms in total. The smallest absolute Gasteiger partial charge is 0.358 e. The Bertz CT molecular complexity index is 923. The van der Waals surface area contributed by atoms with Crippen molar-refractivity contribution in [3.8, 4) is 16.3 Å². The minimum Gasteiger partial charge on any atom is -0.497 e. The van der Waals surface area contributed by atoms with E-state index >= 15 is 0 Å². The van der Waals surface area contributed by atoms with Crippen LogP contribution in [0.4, 0.5) is 0 Å². The number of amides is 1. The van der Waals surface area contributed by atoms with Gasteiger partial charge in [0.15, 0.2) is 12.3 Å². The molecule has 28 heavy (non-hydrogen) atoms. The van der Waals surface area contributed by atoms with Crippen molar-refractivity contribution in [2.45, 2.75) is 6.42 Å². The van der Waals surface area contributed by atoms with Crippen LogP contribution in [-0.4, -0.2) is 37.1 Å². The van der Waals surface area contributed by atoms with Crippen LogP contribution in [0.15, 0.2) is 60.0 Å². The molecule has 1 amide bonds. The van der Waals surface area contributed by atoms with Crippen molar-refractivity contribution >= 4 is 23.2 Å². The van der Waals surface area contributed by atoms with Crippen LogP contribution in [0.3, 0.4) is 0 Å². The van der Waals surface area contributed by atoms with Crippen molar-refractivity contribution in [1.29, 1.82) is 0 Å². The summed E-state index contributed by atoms with van der Waals surface area (Å²) in [6.07, 6.45) is 0.677. The Morgan fingerprint density at radius 3 is 2.54 bits per heavy atom. The van der Waals surface area contributed by atoms with Gasteiger partial charge in [0, 0.05) is 17.5 Å². The van der Waals surface area contributed by atoms with Gasteiger partial charge in [-0.3, -0.25) is 4.79 Å². The predicted octanol–water partition coefficient (Wildman–Crippen LogP) is 3.33. The summed E-state index contributed by atoms with van der Waals surface area (Å²) in [5, 5.41) is 5.10. The van der Waals surface area contributed by atoms with Crippen LogP contribution in [-0.2, 0) is 16.0 Å². The zero-order chi connectivity index (χ0) is 19.8. The third-order valence-electron chi connectivity index (χ3n) is 3.96. The van der Waals surface area contributed by atoms with Crippen molar-refractivity contribution in [2.75, 3.05) is 20.3 Å². The Kier molecular flexibility index (Phi) is 6.75. The number of hydrogen-bond acceptors (Lipinski definition) is 6. The maximum absolute atomic E-state index is 12.1. The number of thiazole rings is 1. The molecular formula is C21H20N2O4S. The van der Waals surface area contributed by atoms with Gasteiger partial charge in [0.25, 0.3) is 5.91 Å². The summed E-state index contributed by atoms with van der Waals surface area (Å²) in [5.41, 5.74) is 2.21. The topological polar surface area (TPSA) is 77.5 Å². The quantitative estimate of drug-likeness (QED) is 0.591. The minimum atomic E-state index is -0.608. The van der Waals surface area contributed by atoms with Crippen molar-refractivity contribution < 1.29 is 19.1 Å². The number of carbonyl (C=O) groups excluding carboxylic acids is 2. The Balaban J connectivity index is 1.41. The lowest BCUT2D eigenvalue weighted by Crippen LogP contribution is -2.30. The first kappa shape index (κ1) is 19.6. The van der Waals surface area contributed by atoms with Crippen LogP contribution < -0.4 is 10.1 Å². The number of ether oxygens (including phenoxy) is 2. The van der Waals surface area contributed by atoms with Gasteiger partial charge < -0.3 is 14.8 Å². The summed E-state index contributed by atoms with van der Waals surface area (Å²) < 4.78 is 10.2. The molecule has 1 aromatic heterocycles. The predicted molar refractivity (Wildman–Crippen MR) is 108 cm³/mol. The van der Waals surface area contributed by atoms with Crippen LogP contribution in [0.25, 0.3) is 10.6 Å². The van der Waals surface area contributed by atoms with E-state index in [1.807, 2.05) is 54.6 Å². The Hall–Kier alpha value is -3.19. The van der Waals surface area contributed by atoms with Gasteiger partial charge in [0.05, 0.1) is 7.11 Å². The monoisotopic (exact) mass is 396 g/mol. The summed E-state index contributed by atoms with van der Waals surface area (Å²) >= 11 is 1.36. The van der Waals surface area contributed by atoms with E-state index in [0.29, 0.717) is 13.0 Å². The molecule has 0 saturated carbocycles. The summed E-state index contributed by atoms with van der Waals surface area (Å²) in [6.45, 7) is 0.122. The fourth-order valence-electron chi connectivity index (χ4n) is 2.48. The highest BCUT2D eigenvalue weighted by molar-refractivity contribution is 7.13. The van der Waals surface area contributed by atoms with E-state index in [2.05, 4.69) is 10.3 Å². The molecular weight excluding hydrogens is 376 g/mol. The van der Waals surface area contributed by atoms with E-state index in [1.54, 1.807) is 12.5 Å². The fraction of sp³-hybridized carbons (Fsp3) is 0.190. The van der Waals surface area contributed by atoms with Crippen molar-refractivity contribution in [2.24, 2.45) is 0 Å². The van der Waals surface area contributed by atoms with E-state index < -0.39 is 5.97 Å². The van der Waals surface area contributed by atoms with Gasteiger partial charge in [0.1, 0.15) is 10.8 Å². The molecule has 0 bridgehead atoms. The van der Waals surface area contributed by atoms with Crippen LogP contribution in [0, 0.1) is 0 Å². The van der Waals surface area contributed by atoms with Gasteiger partial charge in [-0.15, -0.1) is 11.3 Å². The maximum atomic E-state index is 12.1. The second kappa shape index (κ2) is 9.66. The lowest BCUT2D eigenvalue weighted by Gasteiger charge is -2.06. The molecule has 0 radical (unpaired) electrons. The van der Waals surface area contributed by atoms with E-state index in [0.717, 1.165) is 21.9 Å². The highest BCUT2D eigenvalue weighted by Crippen LogP contribution is 2.23. The average Bonchev–Trinajstić information content (AvgIpc) is 3.23. The number of esters is 1. The van der Waals surface area contributed by atoms with Gasteiger partial charge in [-0.1, -0.05) is 42.5 Å². The normalized spacial score (nSPS) is 10.3. The highest BCUT2D eigenvalue weighted by atomic mass is 32.1. The second-order valence-electron chi connectivity index (χ2n) is 5.93. The van der Waals surface area contributed by atoms with Crippen molar-refractivity contribution in [3.63, 3.8) is 0 Å². The first-order chi connectivity index (χ1) is 13.7. The molecule has 0 spiro atoms. The van der Waals surface area contributed by atoms with Gasteiger partial charge >= 0.3 is 5.97 Å². The van der Waals surface area contributed by atoms with E-state index in [9.17, 15) is 9.59 Å². The largest absolute Gasteiger partial charge is 0.497 e. The van der Waals surface area contributed by atoms with E-state index in [1.165, 1.54) is 11.3 Å². The zero-order valence-corrected chi connectivity index (χ0v) is 16.2. The SMILES string of the molecule is COc1ccc(CCNC(=O)COC(=O)c2csc(-c3ccccc3)n2)cc1. The van der Waals surface area contributed by atoms with Crippen LogP contribution in [0.2, 0.25) is 0 Å². The molecule has 3 aromatic rings. The number of methoxy groups -OCH3 is 1. The third-order valence-corrected chi connectivity index (χ3v) is 4.85. The first-order valence-electron chi connectivity index (χ1n) is 8.73. The van der Waals surface area contributed by atoms with Gasteiger partial charge in [-0.25, -0.2) is 9.78 Å². The molecule has 3 rings (SSSR count). The summed E-state index contributed by atoms with van der Waals surface area (Å²) in [4.78, 5) is 28.2. The second-order valence-corrected chi connectivity index (χ2v) is 6.79. The Morgan fingerprint density at radius 2 is 1.82 bits per heavy atom. The molecule has 0 unspecified atom stereocenters. The molecule has 0 aliphatic carbocycles. The lowest BCUT2D eigenvalue weighted by atomic mass is 10.1. The zero-order valence-electron chi connectivity index (χ0n) is 15.4.